The van der Waals surface area contributed by atoms with Crippen LogP contribution in [0.25, 0.3) is 11.2 Å². The van der Waals surface area contributed by atoms with E-state index in [1.807, 2.05) is 0 Å². The second-order valence-electron chi connectivity index (χ2n) is 7.43. The van der Waals surface area contributed by atoms with Gasteiger partial charge in [-0.05, 0) is 13.8 Å². The number of phosphoric acid groups is 1. The van der Waals surface area contributed by atoms with Crippen LogP contribution in [0.4, 0.5) is 5.82 Å². The number of fused-ring (bicyclic) bond motifs is 9. The molecule has 2 N–H and O–H groups in total. The predicted octanol–water partition coefficient (Wildman–Crippen LogP) is 1.01. The fourth-order valence-corrected chi connectivity index (χ4v) is 4.74. The molecule has 0 aliphatic carbocycles. The predicted molar refractivity (Wildman–Crippen MR) is 99.5 cm³/mol. The van der Waals surface area contributed by atoms with Gasteiger partial charge in [0.15, 0.2) is 29.0 Å². The van der Waals surface area contributed by atoms with Gasteiger partial charge in [-0.2, -0.15) is 4.98 Å². The molecule has 2 fully saturated rings. The van der Waals surface area contributed by atoms with Gasteiger partial charge < -0.3 is 24.7 Å². The van der Waals surface area contributed by atoms with E-state index in [-0.39, 0.29) is 31.6 Å². The number of imidazole rings is 1. The number of ether oxygens (including phenoxy) is 4. The zero-order valence-corrected chi connectivity index (χ0v) is 17.5. The van der Waals surface area contributed by atoms with Crippen LogP contribution in [-0.4, -0.2) is 70.5 Å². The van der Waals surface area contributed by atoms with Crippen LogP contribution in [0.5, 0.6) is 6.01 Å². The first-order valence-corrected chi connectivity index (χ1v) is 10.8. The van der Waals surface area contributed by atoms with E-state index in [4.69, 9.17) is 38.3 Å². The lowest BCUT2D eigenvalue weighted by molar-refractivity contribution is -0.200. The molecule has 14 heteroatoms. The monoisotopic (exact) mass is 443 g/mol. The third kappa shape index (κ3) is 3.26. The number of anilines is 1. The second-order valence-corrected chi connectivity index (χ2v) is 9.21. The van der Waals surface area contributed by atoms with Crippen LogP contribution in [0.3, 0.4) is 0 Å². The normalized spacial score (nSPS) is 35.8. The zero-order valence-electron chi connectivity index (χ0n) is 16.6. The Labute approximate surface area is 171 Å². The summed E-state index contributed by atoms with van der Waals surface area (Å²) in [5.41, 5.74) is 6.77. The van der Waals surface area contributed by atoms with Gasteiger partial charge in [-0.15, -0.1) is 0 Å². The Balaban J connectivity index is 1.62. The fraction of sp³-hybridized carbons (Fsp3) is 0.688. The minimum absolute atomic E-state index is 0.0143. The number of nitrogens with two attached hydrogens (primary N) is 1. The van der Waals surface area contributed by atoms with Gasteiger partial charge in [-0.3, -0.25) is 13.6 Å². The van der Waals surface area contributed by atoms with Crippen molar-refractivity contribution in [1.82, 2.24) is 19.5 Å². The standard InChI is InChI=1S/C16H22N5O8P/c1-16(2)28-10-8-6-26-30(22,23-3)25-5-4-24-15-20-9-12(17)18-7-19-13(9)21(15)14(27-8)11(10)29-16/h7-8,10-11,14H,4-6H2,1-3H3,(H2,17,18,19). The van der Waals surface area contributed by atoms with Gasteiger partial charge in [0.25, 0.3) is 0 Å². The van der Waals surface area contributed by atoms with Crippen molar-refractivity contribution in [3.05, 3.63) is 6.33 Å². The van der Waals surface area contributed by atoms with Gasteiger partial charge in [-0.1, -0.05) is 0 Å². The lowest BCUT2D eigenvalue weighted by atomic mass is 10.1. The molecule has 3 aliphatic heterocycles. The van der Waals surface area contributed by atoms with Crippen LogP contribution in [0, 0.1) is 0 Å². The molecule has 0 amide bonds. The molecular weight excluding hydrogens is 421 g/mol. The molecule has 164 valence electrons. The summed E-state index contributed by atoms with van der Waals surface area (Å²) in [6.45, 7) is 3.47. The Bertz CT molecular complexity index is 1010. The molecule has 5 atom stereocenters. The van der Waals surface area contributed by atoms with Crippen molar-refractivity contribution in [3.8, 4) is 6.01 Å². The Morgan fingerprint density at radius 3 is 2.83 bits per heavy atom. The number of nitrogens with zero attached hydrogens (tertiary/aromatic N) is 4. The second kappa shape index (κ2) is 7.09. The summed E-state index contributed by atoms with van der Waals surface area (Å²) in [4.78, 5) is 12.7. The smallest absolute Gasteiger partial charge is 0.462 e. The van der Waals surface area contributed by atoms with Crippen molar-refractivity contribution in [2.45, 2.75) is 44.2 Å². The lowest BCUT2D eigenvalue weighted by Gasteiger charge is -2.26. The van der Waals surface area contributed by atoms with E-state index in [0.29, 0.717) is 11.2 Å². The van der Waals surface area contributed by atoms with E-state index in [0.717, 1.165) is 0 Å². The largest absolute Gasteiger partial charge is 0.474 e. The van der Waals surface area contributed by atoms with Crippen molar-refractivity contribution in [1.29, 1.82) is 0 Å². The van der Waals surface area contributed by atoms with Crippen LogP contribution in [0.2, 0.25) is 0 Å². The average Bonchev–Trinajstić information content (AvgIpc) is 3.32. The molecule has 0 saturated carbocycles. The van der Waals surface area contributed by atoms with E-state index in [9.17, 15) is 4.57 Å². The molecule has 13 nitrogen and oxygen atoms in total. The van der Waals surface area contributed by atoms with Gasteiger partial charge in [0.05, 0.1) is 13.2 Å². The number of hydrogen-bond acceptors (Lipinski definition) is 12. The zero-order chi connectivity index (χ0) is 21.1. The van der Waals surface area contributed by atoms with Crippen LogP contribution < -0.4 is 10.5 Å². The quantitative estimate of drug-likeness (QED) is 0.626. The Hall–Kier alpha value is -1.86. The highest BCUT2D eigenvalue weighted by molar-refractivity contribution is 7.48. The maximum Gasteiger partial charge on any atom is 0.474 e. The maximum absolute atomic E-state index is 12.7. The highest BCUT2D eigenvalue weighted by atomic mass is 31.2. The van der Waals surface area contributed by atoms with Gasteiger partial charge in [0.1, 0.15) is 31.2 Å². The average molecular weight is 443 g/mol. The molecule has 2 bridgehead atoms. The van der Waals surface area contributed by atoms with Crippen molar-refractivity contribution in [2.24, 2.45) is 0 Å². The van der Waals surface area contributed by atoms with Gasteiger partial charge in [-0.25, -0.2) is 19.1 Å². The van der Waals surface area contributed by atoms with Gasteiger partial charge in [0, 0.05) is 7.11 Å². The Kier molecular flexibility index (Phi) is 4.74. The summed E-state index contributed by atoms with van der Waals surface area (Å²) < 4.78 is 54.2. The molecule has 2 aromatic heterocycles. The van der Waals surface area contributed by atoms with Crippen LogP contribution in [-0.2, 0) is 32.3 Å². The van der Waals surface area contributed by atoms with Crippen LogP contribution >= 0.6 is 7.82 Å². The van der Waals surface area contributed by atoms with E-state index >= 15 is 0 Å². The van der Waals surface area contributed by atoms with Crippen molar-refractivity contribution in [3.63, 3.8) is 0 Å². The van der Waals surface area contributed by atoms with Gasteiger partial charge >= 0.3 is 13.8 Å². The molecule has 0 aromatic carbocycles. The Morgan fingerprint density at radius 1 is 1.23 bits per heavy atom. The first-order chi connectivity index (χ1) is 14.3. The molecular formula is C16H22N5O8P. The first-order valence-electron chi connectivity index (χ1n) is 9.37. The van der Waals surface area contributed by atoms with E-state index in [2.05, 4.69) is 15.0 Å². The van der Waals surface area contributed by atoms with E-state index in [1.165, 1.54) is 13.4 Å². The minimum Gasteiger partial charge on any atom is -0.462 e. The molecule has 0 spiro atoms. The molecule has 30 heavy (non-hydrogen) atoms. The number of rotatable bonds is 1. The molecule has 2 aromatic rings. The number of nitrogen functional groups attached to an aromatic ring is 1. The summed E-state index contributed by atoms with van der Waals surface area (Å²) in [5.74, 6) is -0.661. The molecule has 5 heterocycles. The third-order valence-corrected chi connectivity index (χ3v) is 6.45. The van der Waals surface area contributed by atoms with E-state index < -0.39 is 38.1 Å². The van der Waals surface area contributed by atoms with Gasteiger partial charge in [0.2, 0.25) is 0 Å². The molecule has 0 radical (unpaired) electrons. The lowest BCUT2D eigenvalue weighted by Crippen LogP contribution is -2.32. The van der Waals surface area contributed by atoms with Crippen molar-refractivity contribution >= 4 is 24.8 Å². The van der Waals surface area contributed by atoms with E-state index in [1.54, 1.807) is 18.4 Å². The van der Waals surface area contributed by atoms with Crippen LogP contribution in [0.1, 0.15) is 20.1 Å². The number of aromatic nitrogens is 4. The number of hydrogen-bond donors (Lipinski definition) is 1. The SMILES string of the molecule is COP1(=O)OCCOc2nc3c(N)ncnc3n2C2OC(CO1)C1OC(C)(C)OC12. The summed E-state index contributed by atoms with van der Waals surface area (Å²) in [7, 11) is -2.55. The number of phosphoric ester groups is 1. The molecule has 2 saturated heterocycles. The van der Waals surface area contributed by atoms with Crippen molar-refractivity contribution in [2.75, 3.05) is 32.7 Å². The summed E-state index contributed by atoms with van der Waals surface area (Å²) in [6, 6.07) is 0.187. The highest BCUT2D eigenvalue weighted by Gasteiger charge is 2.57. The maximum atomic E-state index is 12.7. The minimum atomic E-state index is -3.79. The first kappa shape index (κ1) is 20.1. The Morgan fingerprint density at radius 2 is 2.03 bits per heavy atom. The molecule has 5 rings (SSSR count). The van der Waals surface area contributed by atoms with Crippen molar-refractivity contribution < 1.29 is 37.1 Å². The molecule has 3 aliphatic rings. The topological polar surface area (TPSA) is 151 Å². The third-order valence-electron chi connectivity index (χ3n) is 5.04. The summed E-state index contributed by atoms with van der Waals surface area (Å²) in [5, 5.41) is 0. The molecule has 5 unspecified atom stereocenters. The highest BCUT2D eigenvalue weighted by Crippen LogP contribution is 2.51. The summed E-state index contributed by atoms with van der Waals surface area (Å²) in [6.07, 6.45) is -1.04. The fourth-order valence-electron chi connectivity index (χ4n) is 3.83. The summed E-state index contributed by atoms with van der Waals surface area (Å²) >= 11 is 0. The van der Waals surface area contributed by atoms with Crippen LogP contribution in [0.15, 0.2) is 6.33 Å².